The first-order valence-corrected chi connectivity index (χ1v) is 8.10. The first-order chi connectivity index (χ1) is 10.7. The minimum Gasteiger partial charge on any atom is -0.274 e. The number of thioether (sulfide) groups is 1. The Labute approximate surface area is 132 Å². The van der Waals surface area contributed by atoms with Crippen LogP contribution >= 0.6 is 11.8 Å². The lowest BCUT2D eigenvalue weighted by Crippen LogP contribution is -2.31. The Hall–Kier alpha value is -2.14. The molecule has 1 heterocycles. The second kappa shape index (κ2) is 6.32. The van der Waals surface area contributed by atoms with Crippen molar-refractivity contribution in [3.8, 4) is 0 Å². The molecule has 2 aromatic carbocycles. The fraction of sp³-hybridized carbons (Fsp3) is 0.176. The predicted molar refractivity (Wildman–Crippen MR) is 84.4 cm³/mol. The van der Waals surface area contributed by atoms with Gasteiger partial charge in [-0.2, -0.15) is 11.8 Å². The molecule has 2 aromatic rings. The molecule has 0 spiro atoms. The normalized spacial score (nSPS) is 13.6. The molecular formula is C17H14FNO2S. The molecule has 0 N–H and O–H groups in total. The second-order valence-electron chi connectivity index (χ2n) is 4.95. The number of benzene rings is 2. The van der Waals surface area contributed by atoms with Crippen LogP contribution in [0, 0.1) is 5.82 Å². The highest BCUT2D eigenvalue weighted by Crippen LogP contribution is 2.23. The molecule has 22 heavy (non-hydrogen) atoms. The molecule has 0 saturated heterocycles. The lowest BCUT2D eigenvalue weighted by molar-refractivity contribution is 0.0664. The molecule has 1 aliphatic heterocycles. The summed E-state index contributed by atoms with van der Waals surface area (Å²) < 4.78 is 13.5. The van der Waals surface area contributed by atoms with Crippen LogP contribution in [-0.2, 0) is 5.75 Å². The van der Waals surface area contributed by atoms with Crippen LogP contribution in [0.5, 0.6) is 0 Å². The predicted octanol–water partition coefficient (Wildman–Crippen LogP) is 3.36. The van der Waals surface area contributed by atoms with Crippen molar-refractivity contribution in [3.05, 3.63) is 71.0 Å². The van der Waals surface area contributed by atoms with Gasteiger partial charge >= 0.3 is 0 Å². The summed E-state index contributed by atoms with van der Waals surface area (Å²) in [5.41, 5.74) is 1.56. The smallest absolute Gasteiger partial charge is 0.261 e. The highest BCUT2D eigenvalue weighted by Gasteiger charge is 2.34. The van der Waals surface area contributed by atoms with Crippen LogP contribution in [-0.4, -0.2) is 29.0 Å². The van der Waals surface area contributed by atoms with Gasteiger partial charge < -0.3 is 0 Å². The first-order valence-electron chi connectivity index (χ1n) is 6.95. The van der Waals surface area contributed by atoms with Crippen LogP contribution in [0.25, 0.3) is 0 Å². The standard InChI is InChI=1S/C17H14FNO2S/c18-15-8-4-1-5-12(15)11-22-10-9-19-16(20)13-6-2-3-7-14(13)17(19)21/h1-8H,9-11H2. The fourth-order valence-electron chi connectivity index (χ4n) is 2.40. The van der Waals surface area contributed by atoms with Gasteiger partial charge in [-0.25, -0.2) is 4.39 Å². The molecular weight excluding hydrogens is 301 g/mol. The number of amides is 2. The van der Waals surface area contributed by atoms with Crippen molar-refractivity contribution >= 4 is 23.6 Å². The summed E-state index contributed by atoms with van der Waals surface area (Å²) in [5, 5.41) is 0. The number of carbonyl (C=O) groups excluding carboxylic acids is 2. The summed E-state index contributed by atoms with van der Waals surface area (Å²) in [4.78, 5) is 25.6. The van der Waals surface area contributed by atoms with Crippen molar-refractivity contribution < 1.29 is 14.0 Å². The number of fused-ring (bicyclic) bond motifs is 1. The summed E-state index contributed by atoms with van der Waals surface area (Å²) in [6, 6.07) is 13.5. The molecule has 3 nitrogen and oxygen atoms in total. The molecule has 0 bridgehead atoms. The number of hydrogen-bond donors (Lipinski definition) is 0. The van der Waals surface area contributed by atoms with Crippen molar-refractivity contribution in [2.45, 2.75) is 5.75 Å². The van der Waals surface area contributed by atoms with Crippen molar-refractivity contribution in [3.63, 3.8) is 0 Å². The SMILES string of the molecule is O=C1c2ccccc2C(=O)N1CCSCc1ccccc1F. The van der Waals surface area contributed by atoms with E-state index in [0.717, 1.165) is 0 Å². The molecule has 0 fully saturated rings. The van der Waals surface area contributed by atoms with Crippen LogP contribution < -0.4 is 0 Å². The maximum absolute atomic E-state index is 13.5. The van der Waals surface area contributed by atoms with Gasteiger partial charge in [0.05, 0.1) is 11.1 Å². The Kier molecular flexibility index (Phi) is 4.24. The Morgan fingerprint density at radius 3 is 2.14 bits per heavy atom. The molecule has 3 rings (SSSR count). The van der Waals surface area contributed by atoms with Crippen molar-refractivity contribution in [2.75, 3.05) is 12.3 Å². The van der Waals surface area contributed by atoms with Crippen LogP contribution in [0.1, 0.15) is 26.3 Å². The number of imide groups is 1. The van der Waals surface area contributed by atoms with E-state index in [0.29, 0.717) is 34.7 Å². The molecule has 0 unspecified atom stereocenters. The van der Waals surface area contributed by atoms with Gasteiger partial charge in [-0.05, 0) is 23.8 Å². The molecule has 0 aromatic heterocycles. The van der Waals surface area contributed by atoms with Gasteiger partial charge in [-0.15, -0.1) is 0 Å². The zero-order chi connectivity index (χ0) is 15.5. The highest BCUT2D eigenvalue weighted by atomic mass is 32.2. The first kappa shape index (κ1) is 14.8. The van der Waals surface area contributed by atoms with E-state index in [2.05, 4.69) is 0 Å². The molecule has 0 radical (unpaired) electrons. The van der Waals surface area contributed by atoms with Gasteiger partial charge in [-0.1, -0.05) is 30.3 Å². The molecule has 0 saturated carbocycles. The molecule has 0 atom stereocenters. The summed E-state index contributed by atoms with van der Waals surface area (Å²) in [6.07, 6.45) is 0. The van der Waals surface area contributed by atoms with E-state index >= 15 is 0 Å². The monoisotopic (exact) mass is 315 g/mol. The number of carbonyl (C=O) groups is 2. The zero-order valence-electron chi connectivity index (χ0n) is 11.8. The highest BCUT2D eigenvalue weighted by molar-refractivity contribution is 7.98. The zero-order valence-corrected chi connectivity index (χ0v) is 12.6. The van der Waals surface area contributed by atoms with Crippen LogP contribution in [0.15, 0.2) is 48.5 Å². The van der Waals surface area contributed by atoms with Crippen LogP contribution in [0.4, 0.5) is 4.39 Å². The van der Waals surface area contributed by atoms with Gasteiger partial charge in [0.1, 0.15) is 5.82 Å². The Morgan fingerprint density at radius 1 is 0.909 bits per heavy atom. The van der Waals surface area contributed by atoms with Gasteiger partial charge in [0, 0.05) is 18.1 Å². The lowest BCUT2D eigenvalue weighted by Gasteiger charge is -2.13. The summed E-state index contributed by atoms with van der Waals surface area (Å²) >= 11 is 1.50. The average molecular weight is 315 g/mol. The third kappa shape index (κ3) is 2.76. The van der Waals surface area contributed by atoms with E-state index in [1.165, 1.54) is 22.7 Å². The van der Waals surface area contributed by atoms with E-state index in [1.807, 2.05) is 0 Å². The number of hydrogen-bond acceptors (Lipinski definition) is 3. The minimum absolute atomic E-state index is 0.226. The summed E-state index contributed by atoms with van der Waals surface area (Å²) in [7, 11) is 0. The number of halogens is 1. The molecule has 0 aliphatic carbocycles. The number of rotatable bonds is 5. The largest absolute Gasteiger partial charge is 0.274 e. The molecule has 1 aliphatic rings. The topological polar surface area (TPSA) is 37.4 Å². The summed E-state index contributed by atoms with van der Waals surface area (Å²) in [6.45, 7) is 0.339. The molecule has 2 amide bonds. The fourth-order valence-corrected chi connectivity index (χ4v) is 3.31. The molecule has 5 heteroatoms. The van der Waals surface area contributed by atoms with E-state index in [9.17, 15) is 14.0 Å². The lowest BCUT2D eigenvalue weighted by atomic mass is 10.1. The average Bonchev–Trinajstić information content (AvgIpc) is 2.78. The minimum atomic E-state index is -0.243. The van der Waals surface area contributed by atoms with E-state index < -0.39 is 0 Å². The van der Waals surface area contributed by atoms with Crippen LogP contribution in [0.2, 0.25) is 0 Å². The van der Waals surface area contributed by atoms with Crippen LogP contribution in [0.3, 0.4) is 0 Å². The van der Waals surface area contributed by atoms with Crippen molar-refractivity contribution in [1.29, 1.82) is 0 Å². The third-order valence-corrected chi connectivity index (χ3v) is 4.54. The Morgan fingerprint density at radius 2 is 1.50 bits per heavy atom. The quantitative estimate of drug-likeness (QED) is 0.627. The summed E-state index contributed by atoms with van der Waals surface area (Å²) in [5.74, 6) is 0.394. The van der Waals surface area contributed by atoms with Gasteiger partial charge in [0.15, 0.2) is 0 Å². The third-order valence-electron chi connectivity index (χ3n) is 3.55. The van der Waals surface area contributed by atoms with Crippen molar-refractivity contribution in [2.24, 2.45) is 0 Å². The van der Waals surface area contributed by atoms with Crippen molar-refractivity contribution in [1.82, 2.24) is 4.90 Å². The van der Waals surface area contributed by atoms with E-state index in [-0.39, 0.29) is 17.6 Å². The van der Waals surface area contributed by atoms with E-state index in [1.54, 1.807) is 42.5 Å². The van der Waals surface area contributed by atoms with E-state index in [4.69, 9.17) is 0 Å². The van der Waals surface area contributed by atoms with Gasteiger partial charge in [0.25, 0.3) is 11.8 Å². The number of nitrogens with zero attached hydrogens (tertiary/aromatic N) is 1. The van der Waals surface area contributed by atoms with Gasteiger partial charge in [-0.3, -0.25) is 14.5 Å². The second-order valence-corrected chi connectivity index (χ2v) is 6.06. The maximum Gasteiger partial charge on any atom is 0.261 e. The Balaban J connectivity index is 1.56. The maximum atomic E-state index is 13.5. The molecule has 112 valence electrons. The van der Waals surface area contributed by atoms with Gasteiger partial charge in [0.2, 0.25) is 0 Å². The Bertz CT molecular complexity index is 697.